The summed E-state index contributed by atoms with van der Waals surface area (Å²) < 4.78 is 26.1. The van der Waals surface area contributed by atoms with Gasteiger partial charge in [-0.15, -0.1) is 0 Å². The van der Waals surface area contributed by atoms with Gasteiger partial charge in [-0.2, -0.15) is 8.78 Å². The second-order valence-electron chi connectivity index (χ2n) is 3.01. The molecule has 0 saturated carbocycles. The minimum Gasteiger partial charge on any atom is -0.287 e. The van der Waals surface area contributed by atoms with Gasteiger partial charge in [-0.25, -0.2) is 0 Å². The predicted molar refractivity (Wildman–Crippen MR) is 56.0 cm³/mol. The zero-order valence-corrected chi connectivity index (χ0v) is 9.37. The van der Waals surface area contributed by atoms with Crippen molar-refractivity contribution in [1.29, 1.82) is 0 Å². The highest BCUT2D eigenvalue weighted by atomic mass is 35.5. The van der Waals surface area contributed by atoms with Gasteiger partial charge in [0.05, 0.1) is 5.02 Å². The maximum Gasteiger partial charge on any atom is 0.309 e. The zero-order valence-electron chi connectivity index (χ0n) is 7.86. The van der Waals surface area contributed by atoms with Crippen molar-refractivity contribution in [3.8, 4) is 0 Å². The highest BCUT2D eigenvalue weighted by Crippen LogP contribution is 2.29. The molecular weight excluding hydrogens is 245 g/mol. The number of Topliss-reactive ketones (excluding diaryl/α,β-unsaturated/α-hetero) is 1. The molecule has 0 bridgehead atoms. The summed E-state index contributed by atoms with van der Waals surface area (Å²) >= 11 is 11.2. The van der Waals surface area contributed by atoms with Gasteiger partial charge in [-0.3, -0.25) is 4.79 Å². The molecule has 0 spiro atoms. The molecule has 15 heavy (non-hydrogen) atoms. The smallest absolute Gasteiger partial charge is 0.287 e. The first kappa shape index (κ1) is 12.4. The standard InChI is InChI=1S/C10H8Cl2F2O/c1-2-10(13,14)9(15)7-4-3-6(11)5-8(7)12/h3-5H,2H2,1H3. The molecule has 0 aliphatic heterocycles. The van der Waals surface area contributed by atoms with Crippen molar-refractivity contribution >= 4 is 29.0 Å². The van der Waals surface area contributed by atoms with E-state index >= 15 is 0 Å². The van der Waals surface area contributed by atoms with Crippen LogP contribution in [0.5, 0.6) is 0 Å². The third-order valence-electron chi connectivity index (χ3n) is 1.95. The summed E-state index contributed by atoms with van der Waals surface area (Å²) in [7, 11) is 0. The maximum atomic E-state index is 13.1. The van der Waals surface area contributed by atoms with E-state index in [1.165, 1.54) is 25.1 Å². The molecule has 1 aromatic carbocycles. The van der Waals surface area contributed by atoms with Gasteiger partial charge in [0.15, 0.2) is 0 Å². The van der Waals surface area contributed by atoms with Gasteiger partial charge in [-0.1, -0.05) is 30.1 Å². The second-order valence-corrected chi connectivity index (χ2v) is 3.85. The van der Waals surface area contributed by atoms with Crippen molar-refractivity contribution in [2.24, 2.45) is 0 Å². The molecule has 0 N–H and O–H groups in total. The molecule has 1 nitrogen and oxygen atoms in total. The third-order valence-corrected chi connectivity index (χ3v) is 2.50. The molecule has 0 atom stereocenters. The summed E-state index contributed by atoms with van der Waals surface area (Å²) in [5.74, 6) is -4.65. The number of carbonyl (C=O) groups excluding carboxylic acids is 1. The zero-order chi connectivity index (χ0) is 11.6. The number of alkyl halides is 2. The van der Waals surface area contributed by atoms with Gasteiger partial charge in [-0.05, 0) is 18.2 Å². The topological polar surface area (TPSA) is 17.1 Å². The second kappa shape index (κ2) is 4.45. The maximum absolute atomic E-state index is 13.1. The van der Waals surface area contributed by atoms with E-state index in [0.29, 0.717) is 5.02 Å². The highest BCUT2D eigenvalue weighted by molar-refractivity contribution is 6.37. The molecule has 0 amide bonds. The van der Waals surface area contributed by atoms with Gasteiger partial charge >= 0.3 is 5.92 Å². The Kier molecular flexibility index (Phi) is 3.68. The number of rotatable bonds is 3. The Balaban J connectivity index is 3.12. The van der Waals surface area contributed by atoms with E-state index in [1.807, 2.05) is 0 Å². The molecule has 0 unspecified atom stereocenters. The van der Waals surface area contributed by atoms with Crippen molar-refractivity contribution in [3.63, 3.8) is 0 Å². The molecule has 0 heterocycles. The average Bonchev–Trinajstić information content (AvgIpc) is 2.17. The fourth-order valence-corrected chi connectivity index (χ4v) is 1.53. The van der Waals surface area contributed by atoms with Crippen LogP contribution >= 0.6 is 23.2 Å². The lowest BCUT2D eigenvalue weighted by molar-refractivity contribution is 0.00806. The summed E-state index contributed by atoms with van der Waals surface area (Å²) in [4.78, 5) is 11.4. The largest absolute Gasteiger partial charge is 0.309 e. The van der Waals surface area contributed by atoms with Crippen molar-refractivity contribution < 1.29 is 13.6 Å². The Morgan fingerprint density at radius 1 is 1.40 bits per heavy atom. The summed E-state index contributed by atoms with van der Waals surface area (Å²) in [6.07, 6.45) is -0.551. The molecule has 1 rings (SSSR count). The lowest BCUT2D eigenvalue weighted by Crippen LogP contribution is -2.27. The van der Waals surface area contributed by atoms with Crippen molar-refractivity contribution in [2.45, 2.75) is 19.3 Å². The third kappa shape index (κ3) is 2.67. The first-order valence-electron chi connectivity index (χ1n) is 4.26. The summed E-state index contributed by atoms with van der Waals surface area (Å²) in [6, 6.07) is 3.82. The van der Waals surface area contributed by atoms with Gasteiger partial charge < -0.3 is 0 Å². The molecule has 0 aromatic heterocycles. The SMILES string of the molecule is CCC(F)(F)C(=O)c1ccc(Cl)cc1Cl. The van der Waals surface area contributed by atoms with Crippen LogP contribution in [0.1, 0.15) is 23.7 Å². The van der Waals surface area contributed by atoms with Crippen LogP contribution in [0, 0.1) is 0 Å². The molecule has 0 saturated heterocycles. The molecule has 1 aromatic rings. The number of halogens is 4. The van der Waals surface area contributed by atoms with Gasteiger partial charge in [0.2, 0.25) is 5.78 Å². The Morgan fingerprint density at radius 3 is 2.47 bits per heavy atom. The van der Waals surface area contributed by atoms with E-state index in [2.05, 4.69) is 0 Å². The number of hydrogen-bond donors (Lipinski definition) is 0. The summed E-state index contributed by atoms with van der Waals surface area (Å²) in [6.45, 7) is 1.24. The summed E-state index contributed by atoms with van der Waals surface area (Å²) in [5.41, 5.74) is -0.201. The molecule has 0 aliphatic rings. The number of hydrogen-bond acceptors (Lipinski definition) is 1. The molecule has 82 valence electrons. The molecule has 0 aliphatic carbocycles. The van der Waals surface area contributed by atoms with E-state index in [-0.39, 0.29) is 10.6 Å². The van der Waals surface area contributed by atoms with E-state index in [1.54, 1.807) is 0 Å². The summed E-state index contributed by atoms with van der Waals surface area (Å²) in [5, 5.41) is 0.247. The van der Waals surface area contributed by atoms with E-state index in [4.69, 9.17) is 23.2 Å². The Bertz CT molecular complexity index is 391. The van der Waals surface area contributed by atoms with Crippen molar-refractivity contribution in [2.75, 3.05) is 0 Å². The minimum absolute atomic E-state index is 0.0550. The Labute approximate surface area is 96.0 Å². The monoisotopic (exact) mass is 252 g/mol. The fraction of sp³-hybridized carbons (Fsp3) is 0.300. The van der Waals surface area contributed by atoms with Crippen LogP contribution in [0.4, 0.5) is 8.78 Å². The molecule has 0 radical (unpaired) electrons. The quantitative estimate of drug-likeness (QED) is 0.737. The van der Waals surface area contributed by atoms with Crippen LogP contribution in [0.2, 0.25) is 10.0 Å². The van der Waals surface area contributed by atoms with Crippen LogP contribution in [-0.4, -0.2) is 11.7 Å². The van der Waals surface area contributed by atoms with Crippen LogP contribution in [0.3, 0.4) is 0 Å². The van der Waals surface area contributed by atoms with Crippen molar-refractivity contribution in [3.05, 3.63) is 33.8 Å². The number of benzene rings is 1. The first-order chi connectivity index (χ1) is 6.88. The highest BCUT2D eigenvalue weighted by Gasteiger charge is 2.37. The van der Waals surface area contributed by atoms with Gasteiger partial charge in [0.25, 0.3) is 0 Å². The van der Waals surface area contributed by atoms with Gasteiger partial charge in [0.1, 0.15) is 0 Å². The van der Waals surface area contributed by atoms with E-state index in [9.17, 15) is 13.6 Å². The molecule has 0 fully saturated rings. The Morgan fingerprint density at radius 2 is 2.00 bits per heavy atom. The number of carbonyl (C=O) groups is 1. The first-order valence-corrected chi connectivity index (χ1v) is 5.01. The Hall–Kier alpha value is -0.670. The van der Waals surface area contributed by atoms with Crippen LogP contribution in [0.15, 0.2) is 18.2 Å². The molecular formula is C10H8Cl2F2O. The number of ketones is 1. The molecule has 5 heteroatoms. The minimum atomic E-state index is -3.38. The average molecular weight is 253 g/mol. The van der Waals surface area contributed by atoms with Crippen molar-refractivity contribution in [1.82, 2.24) is 0 Å². The predicted octanol–water partition coefficient (Wildman–Crippen LogP) is 4.22. The van der Waals surface area contributed by atoms with Crippen LogP contribution in [-0.2, 0) is 0 Å². The normalized spacial score (nSPS) is 11.5. The van der Waals surface area contributed by atoms with Crippen LogP contribution in [0.25, 0.3) is 0 Å². The lowest BCUT2D eigenvalue weighted by atomic mass is 10.0. The van der Waals surface area contributed by atoms with E-state index < -0.39 is 18.1 Å². The lowest BCUT2D eigenvalue weighted by Gasteiger charge is -2.13. The van der Waals surface area contributed by atoms with Gasteiger partial charge in [0, 0.05) is 17.0 Å². The van der Waals surface area contributed by atoms with Crippen LogP contribution < -0.4 is 0 Å². The fourth-order valence-electron chi connectivity index (χ4n) is 1.03. The van der Waals surface area contributed by atoms with E-state index in [0.717, 1.165) is 0 Å².